The van der Waals surface area contributed by atoms with Gasteiger partial charge in [0.25, 0.3) is 5.56 Å². The van der Waals surface area contributed by atoms with E-state index in [0.29, 0.717) is 23.0 Å². The predicted octanol–water partition coefficient (Wildman–Crippen LogP) is 4.60. The minimum absolute atomic E-state index is 0.117. The van der Waals surface area contributed by atoms with Gasteiger partial charge in [-0.1, -0.05) is 46.7 Å². The van der Waals surface area contributed by atoms with Crippen molar-refractivity contribution in [1.82, 2.24) is 9.97 Å². The van der Waals surface area contributed by atoms with Crippen molar-refractivity contribution in [3.63, 3.8) is 0 Å². The number of hydrogen-bond donors (Lipinski definition) is 2. The van der Waals surface area contributed by atoms with Crippen molar-refractivity contribution in [2.45, 2.75) is 43.7 Å². The summed E-state index contributed by atoms with van der Waals surface area (Å²) in [4.78, 5) is 33.3. The van der Waals surface area contributed by atoms with Gasteiger partial charge in [0.2, 0.25) is 0 Å². The summed E-state index contributed by atoms with van der Waals surface area (Å²) < 4.78 is 0.961. The maximum absolute atomic E-state index is 13.0. The molecule has 0 spiro atoms. The fraction of sp³-hybridized carbons (Fsp3) is 0.350. The first kappa shape index (κ1) is 18.5. The van der Waals surface area contributed by atoms with Crippen molar-refractivity contribution in [2.24, 2.45) is 0 Å². The zero-order chi connectivity index (χ0) is 19.0. The molecule has 27 heavy (non-hydrogen) atoms. The van der Waals surface area contributed by atoms with Crippen molar-refractivity contribution in [2.75, 3.05) is 11.1 Å². The number of nitrogens with zero attached hydrogens (tertiary/aromatic N) is 1. The van der Waals surface area contributed by atoms with Gasteiger partial charge in [0.15, 0.2) is 10.9 Å². The van der Waals surface area contributed by atoms with Gasteiger partial charge >= 0.3 is 0 Å². The Morgan fingerprint density at radius 1 is 1.22 bits per heavy atom. The fourth-order valence-electron chi connectivity index (χ4n) is 3.70. The van der Waals surface area contributed by atoms with Crippen LogP contribution in [0.3, 0.4) is 0 Å². The van der Waals surface area contributed by atoms with Crippen LogP contribution in [0, 0.1) is 0 Å². The number of halogens is 1. The van der Waals surface area contributed by atoms with Gasteiger partial charge in [0.1, 0.15) is 5.82 Å². The molecule has 5 nitrogen and oxygen atoms in total. The van der Waals surface area contributed by atoms with Gasteiger partial charge < -0.3 is 10.3 Å². The third-order valence-electron chi connectivity index (χ3n) is 4.88. The van der Waals surface area contributed by atoms with Crippen molar-refractivity contribution in [3.8, 4) is 0 Å². The Balaban J connectivity index is 1.89. The fourth-order valence-corrected chi connectivity index (χ4v) is 4.68. The van der Waals surface area contributed by atoms with Gasteiger partial charge in [-0.25, -0.2) is 4.98 Å². The van der Waals surface area contributed by atoms with E-state index in [2.05, 4.69) is 38.1 Å². The summed E-state index contributed by atoms with van der Waals surface area (Å²) >= 11 is 5.00. The van der Waals surface area contributed by atoms with Crippen LogP contribution in [0.15, 0.2) is 50.0 Å². The number of hydrogen-bond acceptors (Lipinski definition) is 5. The topological polar surface area (TPSA) is 74.8 Å². The molecule has 0 unspecified atom stereocenters. The number of aromatic amines is 1. The van der Waals surface area contributed by atoms with Crippen molar-refractivity contribution in [1.29, 1.82) is 0 Å². The lowest BCUT2D eigenvalue weighted by molar-refractivity contribution is -0.116. The zero-order valence-corrected chi connectivity index (χ0v) is 17.4. The molecule has 1 aliphatic heterocycles. The van der Waals surface area contributed by atoms with E-state index < -0.39 is 0 Å². The highest BCUT2D eigenvalue weighted by Gasteiger charge is 2.37. The second-order valence-electron chi connectivity index (χ2n) is 6.76. The number of H-pyrrole nitrogens is 1. The van der Waals surface area contributed by atoms with Crippen LogP contribution < -0.4 is 10.9 Å². The molecule has 7 heteroatoms. The number of Topliss-reactive ketones (excluding diaryl/α,β-unsaturated/α-hetero) is 1. The molecule has 2 aliphatic rings. The first-order chi connectivity index (χ1) is 13.1. The number of carbonyl (C=O) groups is 1. The normalized spacial score (nSPS) is 18.7. The Bertz CT molecular complexity index is 982. The lowest BCUT2D eigenvalue weighted by Gasteiger charge is -2.32. The third-order valence-corrected chi connectivity index (χ3v) is 6.49. The summed E-state index contributed by atoms with van der Waals surface area (Å²) in [6, 6.07) is 7.82. The third kappa shape index (κ3) is 3.50. The Hall–Kier alpha value is -1.86. The van der Waals surface area contributed by atoms with E-state index in [1.807, 2.05) is 24.3 Å². The van der Waals surface area contributed by atoms with Crippen LogP contribution >= 0.6 is 27.7 Å². The average molecular weight is 446 g/mol. The Labute approximate surface area is 170 Å². The van der Waals surface area contributed by atoms with Gasteiger partial charge in [-0.3, -0.25) is 9.59 Å². The molecule has 140 valence electrons. The lowest BCUT2D eigenvalue weighted by Crippen LogP contribution is -2.32. The Morgan fingerprint density at radius 3 is 2.74 bits per heavy atom. The molecule has 1 aromatic heterocycles. The van der Waals surface area contributed by atoms with E-state index in [4.69, 9.17) is 0 Å². The maximum atomic E-state index is 13.0. The van der Waals surface area contributed by atoms with Crippen LogP contribution in [0.4, 0.5) is 5.82 Å². The van der Waals surface area contributed by atoms with Gasteiger partial charge in [0, 0.05) is 33.8 Å². The highest BCUT2D eigenvalue weighted by Crippen LogP contribution is 2.43. The largest absolute Gasteiger partial charge is 0.343 e. The van der Waals surface area contributed by atoms with Gasteiger partial charge in [0.05, 0.1) is 5.56 Å². The molecular formula is C20H20BrN3O2S. The van der Waals surface area contributed by atoms with E-state index in [9.17, 15) is 9.59 Å². The van der Waals surface area contributed by atoms with E-state index in [-0.39, 0.29) is 17.3 Å². The summed E-state index contributed by atoms with van der Waals surface area (Å²) in [6.45, 7) is 2.09. The first-order valence-electron chi connectivity index (χ1n) is 9.14. The van der Waals surface area contributed by atoms with E-state index in [1.54, 1.807) is 11.8 Å². The molecule has 4 rings (SSSR count). The molecular weight excluding hydrogens is 426 g/mol. The highest BCUT2D eigenvalue weighted by atomic mass is 79.9. The maximum Gasteiger partial charge on any atom is 0.257 e. The first-order valence-corrected chi connectivity index (χ1v) is 10.9. The number of thioether (sulfide) groups is 1. The standard InChI is InChI=1S/C20H20BrN3O2S/c1-2-10-27-20-23-18-17(19(26)24-20)15(11-6-8-12(21)9-7-11)16-13(22-18)4-3-5-14(16)25/h6-9,15H,2-5,10H2,1H3,(H2,22,23,24,26)/t15-/m1/s1. The molecule has 1 atom stereocenters. The van der Waals surface area contributed by atoms with Gasteiger partial charge in [-0.05, 0) is 37.0 Å². The van der Waals surface area contributed by atoms with E-state index in [1.165, 1.54) is 0 Å². The molecule has 2 aromatic rings. The molecule has 0 amide bonds. The number of allylic oxidation sites excluding steroid dienone is 2. The molecule has 0 saturated heterocycles. The van der Waals surface area contributed by atoms with E-state index >= 15 is 0 Å². The molecule has 1 aliphatic carbocycles. The number of fused-ring (bicyclic) bond motifs is 1. The number of aromatic nitrogens is 2. The molecule has 0 bridgehead atoms. The van der Waals surface area contributed by atoms with E-state index in [0.717, 1.165) is 46.3 Å². The predicted molar refractivity (Wildman–Crippen MR) is 111 cm³/mol. The summed E-state index contributed by atoms with van der Waals surface area (Å²) in [7, 11) is 0. The minimum atomic E-state index is -0.376. The Morgan fingerprint density at radius 2 is 2.00 bits per heavy atom. The SMILES string of the molecule is CCCSc1nc2c(c(=O)[nH]1)[C@H](c1ccc(Br)cc1)C1=C(CCCC1=O)N2. The number of rotatable bonds is 4. The van der Waals surface area contributed by atoms with Crippen LogP contribution in [0.25, 0.3) is 0 Å². The van der Waals surface area contributed by atoms with Crippen LogP contribution in [-0.2, 0) is 4.79 Å². The summed E-state index contributed by atoms with van der Waals surface area (Å²) in [6.07, 6.45) is 3.16. The minimum Gasteiger partial charge on any atom is -0.343 e. The zero-order valence-electron chi connectivity index (χ0n) is 15.0. The van der Waals surface area contributed by atoms with Crippen LogP contribution in [0.2, 0.25) is 0 Å². The van der Waals surface area contributed by atoms with Crippen LogP contribution in [-0.4, -0.2) is 21.5 Å². The molecule has 2 N–H and O–H groups in total. The Kier molecular flexibility index (Phi) is 5.23. The van der Waals surface area contributed by atoms with Gasteiger partial charge in [-0.2, -0.15) is 0 Å². The number of ketones is 1. The van der Waals surface area contributed by atoms with Crippen LogP contribution in [0.5, 0.6) is 0 Å². The highest BCUT2D eigenvalue weighted by molar-refractivity contribution is 9.10. The lowest BCUT2D eigenvalue weighted by atomic mass is 9.76. The second kappa shape index (κ2) is 7.64. The molecule has 0 fully saturated rings. The molecule has 0 radical (unpaired) electrons. The van der Waals surface area contributed by atoms with Crippen molar-refractivity contribution < 1.29 is 4.79 Å². The second-order valence-corrected chi connectivity index (χ2v) is 8.76. The monoisotopic (exact) mass is 445 g/mol. The van der Waals surface area contributed by atoms with Crippen molar-refractivity contribution in [3.05, 3.63) is 61.5 Å². The number of carbonyl (C=O) groups excluding carboxylic acids is 1. The molecule has 2 heterocycles. The van der Waals surface area contributed by atoms with Crippen LogP contribution in [0.1, 0.15) is 49.7 Å². The summed E-state index contributed by atoms with van der Waals surface area (Å²) in [5.74, 6) is 1.22. The summed E-state index contributed by atoms with van der Waals surface area (Å²) in [5, 5.41) is 3.92. The number of anilines is 1. The molecule has 0 saturated carbocycles. The smallest absolute Gasteiger partial charge is 0.257 e. The average Bonchev–Trinajstić information content (AvgIpc) is 2.65. The van der Waals surface area contributed by atoms with Gasteiger partial charge in [-0.15, -0.1) is 0 Å². The number of benzene rings is 1. The quantitative estimate of drug-likeness (QED) is 0.531. The number of nitrogens with one attached hydrogen (secondary N) is 2. The summed E-state index contributed by atoms with van der Waals surface area (Å²) in [5.41, 5.74) is 2.93. The van der Waals surface area contributed by atoms with Crippen molar-refractivity contribution >= 4 is 39.3 Å². The molecule has 1 aromatic carbocycles.